The number of primary amides is 1. The zero-order valence-corrected chi connectivity index (χ0v) is 8.62. The van der Waals surface area contributed by atoms with Crippen molar-refractivity contribution in [3.8, 4) is 0 Å². The third-order valence-corrected chi connectivity index (χ3v) is 2.38. The second-order valence-corrected chi connectivity index (χ2v) is 4.23. The van der Waals surface area contributed by atoms with Crippen molar-refractivity contribution in [3.63, 3.8) is 0 Å². The summed E-state index contributed by atoms with van der Waals surface area (Å²) in [6, 6.07) is -0.740. The standard InChI is InChI=1S/C6H13N3O5S.CH4/c7-6(10)5-2-1-4(3-8-5)9-14-15(11,12)13;/h4-5,8-9H,1-3H2,(H2,7,10)(H,11,12,13);1H4/p-1/t4-,5+;/m1./s1. The molecule has 0 aromatic heterocycles. The summed E-state index contributed by atoms with van der Waals surface area (Å²) in [7, 11) is -4.73. The van der Waals surface area contributed by atoms with Gasteiger partial charge in [0.1, 0.15) is 0 Å². The molecule has 0 radical (unpaired) electrons. The summed E-state index contributed by atoms with van der Waals surface area (Å²) in [4.78, 5) is 10.7. The SMILES string of the molecule is C.NC(=O)[C@@H]1CC[C@@H](NOS(=O)(=O)[O-])CN1. The third-order valence-electron chi connectivity index (χ3n) is 2.07. The van der Waals surface area contributed by atoms with E-state index >= 15 is 0 Å². The highest BCUT2D eigenvalue weighted by Crippen LogP contribution is 2.07. The van der Waals surface area contributed by atoms with Crippen molar-refractivity contribution < 1.29 is 22.0 Å². The van der Waals surface area contributed by atoms with Crippen LogP contribution >= 0.6 is 0 Å². The van der Waals surface area contributed by atoms with Crippen LogP contribution in [-0.2, 0) is 19.5 Å². The van der Waals surface area contributed by atoms with Crippen molar-refractivity contribution in [2.24, 2.45) is 5.73 Å². The number of hydroxylamine groups is 1. The number of piperidine rings is 1. The van der Waals surface area contributed by atoms with Gasteiger partial charge >= 0.3 is 0 Å². The molecule has 0 aromatic rings. The van der Waals surface area contributed by atoms with Gasteiger partial charge in [-0.2, -0.15) is 9.76 Å². The number of amides is 1. The lowest BCUT2D eigenvalue weighted by molar-refractivity contribution is -0.120. The predicted molar refractivity (Wildman–Crippen MR) is 54.7 cm³/mol. The fourth-order valence-corrected chi connectivity index (χ4v) is 1.58. The van der Waals surface area contributed by atoms with Crippen molar-refractivity contribution in [3.05, 3.63) is 0 Å². The lowest BCUT2D eigenvalue weighted by Crippen LogP contribution is -2.52. The minimum Gasteiger partial charge on any atom is -0.724 e. The number of rotatable bonds is 4. The molecular weight excluding hydrogens is 238 g/mol. The molecule has 4 N–H and O–H groups in total. The smallest absolute Gasteiger partial charge is 0.234 e. The molecule has 8 nitrogen and oxygen atoms in total. The van der Waals surface area contributed by atoms with Crippen molar-refractivity contribution in [1.29, 1.82) is 0 Å². The minimum absolute atomic E-state index is 0. The van der Waals surface area contributed by atoms with Crippen LogP contribution < -0.4 is 16.5 Å². The van der Waals surface area contributed by atoms with Crippen LogP contribution in [0.25, 0.3) is 0 Å². The normalized spacial score (nSPS) is 25.8. The summed E-state index contributed by atoms with van der Waals surface area (Å²) in [6.07, 6.45) is 0.964. The van der Waals surface area contributed by atoms with Gasteiger partial charge in [-0.15, -0.1) is 0 Å². The topological polar surface area (TPSA) is 134 Å². The monoisotopic (exact) mass is 254 g/mol. The molecule has 0 bridgehead atoms. The number of hydrogen-bond acceptors (Lipinski definition) is 7. The summed E-state index contributed by atoms with van der Waals surface area (Å²) < 4.78 is 34.2. The number of nitrogens with one attached hydrogen (secondary N) is 2. The van der Waals surface area contributed by atoms with Crippen molar-refractivity contribution in [2.75, 3.05) is 6.54 Å². The summed E-state index contributed by atoms with van der Waals surface area (Å²) in [5.74, 6) is -0.453. The lowest BCUT2D eigenvalue weighted by atomic mass is 10.0. The molecule has 1 amide bonds. The van der Waals surface area contributed by atoms with Crippen LogP contribution in [0.2, 0.25) is 0 Å². The third kappa shape index (κ3) is 5.37. The van der Waals surface area contributed by atoms with Gasteiger partial charge in [0.2, 0.25) is 16.3 Å². The Morgan fingerprint density at radius 2 is 2.12 bits per heavy atom. The molecule has 96 valence electrons. The predicted octanol–water partition coefficient (Wildman–Crippen LogP) is -1.79. The first-order valence-corrected chi connectivity index (χ1v) is 5.64. The van der Waals surface area contributed by atoms with E-state index in [9.17, 15) is 17.8 Å². The van der Waals surface area contributed by atoms with Crippen molar-refractivity contribution in [2.45, 2.75) is 32.4 Å². The molecule has 0 unspecified atom stereocenters. The largest absolute Gasteiger partial charge is 0.724 e. The Kier molecular flexibility index (Phi) is 5.83. The van der Waals surface area contributed by atoms with Gasteiger partial charge in [0.15, 0.2) is 0 Å². The minimum atomic E-state index is -4.73. The average Bonchev–Trinajstić information content (AvgIpc) is 2.14. The van der Waals surface area contributed by atoms with Crippen LogP contribution in [0, 0.1) is 0 Å². The fraction of sp³-hybridized carbons (Fsp3) is 0.857. The first-order chi connectivity index (χ1) is 6.88. The van der Waals surface area contributed by atoms with E-state index < -0.39 is 22.3 Å². The van der Waals surface area contributed by atoms with E-state index in [1.54, 1.807) is 0 Å². The molecule has 2 atom stereocenters. The maximum Gasteiger partial charge on any atom is 0.234 e. The Morgan fingerprint density at radius 1 is 1.50 bits per heavy atom. The number of nitrogens with two attached hydrogens (primary N) is 1. The van der Waals surface area contributed by atoms with Gasteiger partial charge in [-0.25, -0.2) is 8.42 Å². The summed E-state index contributed by atoms with van der Waals surface area (Å²) in [6.45, 7) is 0.309. The summed E-state index contributed by atoms with van der Waals surface area (Å²) >= 11 is 0. The van der Waals surface area contributed by atoms with E-state index in [0.717, 1.165) is 0 Å². The fourth-order valence-electron chi connectivity index (χ4n) is 1.33. The Morgan fingerprint density at radius 3 is 2.50 bits per heavy atom. The summed E-state index contributed by atoms with van der Waals surface area (Å²) in [5.41, 5.74) is 7.16. The Labute approximate surface area is 94.4 Å². The lowest BCUT2D eigenvalue weighted by Gasteiger charge is -2.28. The van der Waals surface area contributed by atoms with Gasteiger partial charge in [-0.05, 0) is 12.8 Å². The molecule has 0 saturated carbocycles. The van der Waals surface area contributed by atoms with Gasteiger partial charge < -0.3 is 15.6 Å². The van der Waals surface area contributed by atoms with E-state index in [1.807, 2.05) is 0 Å². The van der Waals surface area contributed by atoms with Crippen LogP contribution in [0.15, 0.2) is 0 Å². The van der Waals surface area contributed by atoms with Crippen molar-refractivity contribution >= 4 is 16.3 Å². The van der Waals surface area contributed by atoms with E-state index in [2.05, 4.69) is 15.1 Å². The Balaban J connectivity index is 0.00000225. The van der Waals surface area contributed by atoms with E-state index in [4.69, 9.17) is 5.73 Å². The number of hydrogen-bond donors (Lipinski definition) is 3. The molecular formula is C7H16N3O5S-. The van der Waals surface area contributed by atoms with Crippen LogP contribution in [0.1, 0.15) is 20.3 Å². The highest BCUT2D eigenvalue weighted by molar-refractivity contribution is 7.80. The van der Waals surface area contributed by atoms with Crippen LogP contribution in [0.3, 0.4) is 0 Å². The van der Waals surface area contributed by atoms with Crippen molar-refractivity contribution in [1.82, 2.24) is 10.8 Å². The summed E-state index contributed by atoms with van der Waals surface area (Å²) in [5, 5.41) is 2.79. The maximum atomic E-state index is 10.7. The molecule has 0 spiro atoms. The van der Waals surface area contributed by atoms with Gasteiger partial charge in [-0.3, -0.25) is 4.79 Å². The molecule has 16 heavy (non-hydrogen) atoms. The van der Waals surface area contributed by atoms with Gasteiger partial charge in [0.05, 0.1) is 6.04 Å². The molecule has 1 saturated heterocycles. The second kappa shape index (κ2) is 6.11. The first kappa shape index (κ1) is 15.3. The highest BCUT2D eigenvalue weighted by atomic mass is 32.3. The Hall–Kier alpha value is -0.740. The number of carbonyl (C=O) groups excluding carboxylic acids is 1. The number of carbonyl (C=O) groups is 1. The van der Waals surface area contributed by atoms with E-state index in [0.29, 0.717) is 19.4 Å². The van der Waals surface area contributed by atoms with Crippen LogP contribution in [-0.4, -0.2) is 37.5 Å². The molecule has 1 aliphatic heterocycles. The molecule has 0 aliphatic carbocycles. The Bertz CT molecular complexity index is 323. The van der Waals surface area contributed by atoms with Crippen LogP contribution in [0.4, 0.5) is 0 Å². The van der Waals surface area contributed by atoms with E-state index in [-0.39, 0.29) is 13.5 Å². The highest BCUT2D eigenvalue weighted by Gasteiger charge is 2.24. The average molecular weight is 254 g/mol. The van der Waals surface area contributed by atoms with Gasteiger partial charge in [0.25, 0.3) is 0 Å². The quantitative estimate of drug-likeness (QED) is 0.306. The maximum absolute atomic E-state index is 10.7. The molecule has 1 fully saturated rings. The molecule has 1 heterocycles. The van der Waals surface area contributed by atoms with Gasteiger partial charge in [0, 0.05) is 12.6 Å². The zero-order valence-electron chi connectivity index (χ0n) is 7.80. The first-order valence-electron chi connectivity index (χ1n) is 4.31. The van der Waals surface area contributed by atoms with E-state index in [1.165, 1.54) is 0 Å². The van der Waals surface area contributed by atoms with Gasteiger partial charge in [-0.1, -0.05) is 7.43 Å². The zero-order chi connectivity index (χ0) is 11.5. The van der Waals surface area contributed by atoms with Crippen LogP contribution in [0.5, 0.6) is 0 Å². The molecule has 0 aromatic carbocycles. The second-order valence-electron chi connectivity index (χ2n) is 3.25. The molecule has 1 rings (SSSR count). The molecule has 1 aliphatic rings. The molecule has 9 heteroatoms.